The highest BCUT2D eigenvalue weighted by Crippen LogP contribution is 2.22. The van der Waals surface area contributed by atoms with Gasteiger partial charge in [0.2, 0.25) is 15.9 Å². The first-order valence-electron chi connectivity index (χ1n) is 8.69. The fraction of sp³-hybridized carbons (Fsp3) is 0.143. The average molecular weight is 395 g/mol. The van der Waals surface area contributed by atoms with Crippen LogP contribution in [0.3, 0.4) is 0 Å². The van der Waals surface area contributed by atoms with E-state index in [9.17, 15) is 13.2 Å². The monoisotopic (exact) mass is 395 g/mol. The number of para-hydroxylation sites is 1. The van der Waals surface area contributed by atoms with Crippen LogP contribution < -0.4 is 5.14 Å². The summed E-state index contributed by atoms with van der Waals surface area (Å²) in [5, 5.41) is 6.13. The normalized spacial score (nSPS) is 13.0. The number of fused-ring (bicyclic) bond motifs is 1. The summed E-state index contributed by atoms with van der Waals surface area (Å²) in [4.78, 5) is 18.6. The fourth-order valence-electron chi connectivity index (χ4n) is 2.89. The maximum atomic E-state index is 12.6. The Hall–Kier alpha value is -3.03. The molecule has 1 amide bonds. The molecule has 0 aliphatic rings. The number of sulfonamides is 1. The number of nitrogens with two attached hydrogens (primary N) is 1. The van der Waals surface area contributed by atoms with Gasteiger partial charge in [0, 0.05) is 30.3 Å². The molecule has 0 saturated carbocycles. The number of hydrogen-bond donors (Lipinski definition) is 1. The van der Waals surface area contributed by atoms with Crippen molar-refractivity contribution in [3.05, 3.63) is 78.0 Å². The summed E-state index contributed by atoms with van der Waals surface area (Å²) >= 11 is 0. The Morgan fingerprint density at radius 3 is 2.46 bits per heavy atom. The van der Waals surface area contributed by atoms with E-state index in [0.717, 1.165) is 22.0 Å². The molecule has 0 radical (unpaired) electrons. The first-order valence-corrected chi connectivity index (χ1v) is 10.2. The number of likely N-dealkylation sites (N-methyl/N-ethyl adjacent to an activating group) is 1. The summed E-state index contributed by atoms with van der Waals surface area (Å²) in [6.07, 6.45) is 4.99. The first kappa shape index (κ1) is 19.7. The SMILES string of the molecule is CC(c1ccc(S(N)(=O)=O)cc1)N(C)C(=O)/C=C/c1cccc2cccnc12. The van der Waals surface area contributed by atoms with Gasteiger partial charge in [-0.1, -0.05) is 36.4 Å². The second-order valence-corrected chi connectivity index (χ2v) is 8.06. The van der Waals surface area contributed by atoms with E-state index < -0.39 is 10.0 Å². The van der Waals surface area contributed by atoms with Gasteiger partial charge in [-0.3, -0.25) is 9.78 Å². The molecule has 1 unspecified atom stereocenters. The third kappa shape index (κ3) is 4.27. The Morgan fingerprint density at radius 1 is 1.11 bits per heavy atom. The van der Waals surface area contributed by atoms with Crippen LogP contribution in [0.2, 0.25) is 0 Å². The summed E-state index contributed by atoms with van der Waals surface area (Å²) in [5.74, 6) is -0.170. The smallest absolute Gasteiger partial charge is 0.246 e. The summed E-state index contributed by atoms with van der Waals surface area (Å²) in [5.41, 5.74) is 2.51. The van der Waals surface area contributed by atoms with Crippen molar-refractivity contribution in [3.63, 3.8) is 0 Å². The van der Waals surface area contributed by atoms with Crippen molar-refractivity contribution in [1.82, 2.24) is 9.88 Å². The summed E-state index contributed by atoms with van der Waals surface area (Å²) in [6.45, 7) is 1.87. The van der Waals surface area contributed by atoms with E-state index in [-0.39, 0.29) is 16.8 Å². The zero-order chi connectivity index (χ0) is 20.3. The van der Waals surface area contributed by atoms with Gasteiger partial charge in [-0.15, -0.1) is 0 Å². The molecule has 0 bridgehead atoms. The van der Waals surface area contributed by atoms with Crippen molar-refractivity contribution < 1.29 is 13.2 Å². The molecule has 6 nitrogen and oxygen atoms in total. The number of rotatable bonds is 5. The van der Waals surface area contributed by atoms with Gasteiger partial charge in [0.15, 0.2) is 0 Å². The van der Waals surface area contributed by atoms with Crippen molar-refractivity contribution in [2.24, 2.45) is 5.14 Å². The zero-order valence-corrected chi connectivity index (χ0v) is 16.4. The lowest BCUT2D eigenvalue weighted by atomic mass is 10.1. The summed E-state index contributed by atoms with van der Waals surface area (Å²) < 4.78 is 22.7. The number of nitrogens with zero attached hydrogens (tertiary/aromatic N) is 2. The molecule has 0 aliphatic heterocycles. The third-order valence-corrected chi connectivity index (χ3v) is 5.62. The number of amides is 1. The fourth-order valence-corrected chi connectivity index (χ4v) is 3.41. The van der Waals surface area contributed by atoms with E-state index >= 15 is 0 Å². The Kier molecular flexibility index (Phi) is 5.58. The molecule has 0 fully saturated rings. The molecule has 3 aromatic rings. The highest BCUT2D eigenvalue weighted by molar-refractivity contribution is 7.89. The third-order valence-electron chi connectivity index (χ3n) is 4.69. The van der Waals surface area contributed by atoms with Crippen LogP contribution in [0.1, 0.15) is 24.1 Å². The molecule has 7 heteroatoms. The summed E-state index contributed by atoms with van der Waals surface area (Å²) in [6, 6.07) is 15.6. The van der Waals surface area contributed by atoms with Gasteiger partial charge in [0.25, 0.3) is 0 Å². The van der Waals surface area contributed by atoms with Crippen LogP contribution >= 0.6 is 0 Å². The molecule has 28 heavy (non-hydrogen) atoms. The number of hydrogen-bond acceptors (Lipinski definition) is 4. The molecule has 144 valence electrons. The van der Waals surface area contributed by atoms with Crippen LogP contribution in [0.25, 0.3) is 17.0 Å². The highest BCUT2D eigenvalue weighted by atomic mass is 32.2. The van der Waals surface area contributed by atoms with E-state index in [2.05, 4.69) is 4.98 Å². The molecular formula is C21H21N3O3S. The zero-order valence-electron chi connectivity index (χ0n) is 15.6. The van der Waals surface area contributed by atoms with Gasteiger partial charge in [-0.25, -0.2) is 13.6 Å². The quantitative estimate of drug-likeness (QED) is 0.672. The minimum atomic E-state index is -3.74. The minimum Gasteiger partial charge on any atom is -0.335 e. The van der Waals surface area contributed by atoms with Crippen LogP contribution in [0.4, 0.5) is 0 Å². The van der Waals surface area contributed by atoms with Crippen molar-refractivity contribution in [3.8, 4) is 0 Å². The number of primary sulfonamides is 1. The number of benzene rings is 2. The lowest BCUT2D eigenvalue weighted by Gasteiger charge is -2.24. The van der Waals surface area contributed by atoms with Gasteiger partial charge in [-0.2, -0.15) is 0 Å². The molecule has 3 rings (SSSR count). The van der Waals surface area contributed by atoms with Gasteiger partial charge in [0.1, 0.15) is 0 Å². The molecular weight excluding hydrogens is 374 g/mol. The minimum absolute atomic E-state index is 0.0424. The van der Waals surface area contributed by atoms with E-state index in [0.29, 0.717) is 0 Å². The van der Waals surface area contributed by atoms with E-state index in [1.165, 1.54) is 18.2 Å². The predicted molar refractivity (Wildman–Crippen MR) is 110 cm³/mol. The maximum absolute atomic E-state index is 12.6. The number of aromatic nitrogens is 1. The topological polar surface area (TPSA) is 93.4 Å². The molecule has 0 spiro atoms. The standard InChI is InChI=1S/C21H21N3O3S/c1-15(16-8-11-19(12-9-16)28(22,26)27)24(2)20(25)13-10-18-6-3-5-17-7-4-14-23-21(17)18/h3-15H,1-2H3,(H2,22,26,27)/b13-10+. The average Bonchev–Trinajstić information content (AvgIpc) is 2.70. The van der Waals surface area contributed by atoms with E-state index in [4.69, 9.17) is 5.14 Å². The van der Waals surface area contributed by atoms with Gasteiger partial charge in [-0.05, 0) is 36.8 Å². The van der Waals surface area contributed by atoms with Crippen LogP contribution in [-0.2, 0) is 14.8 Å². The number of carbonyl (C=O) groups is 1. The van der Waals surface area contributed by atoms with E-state index in [1.54, 1.807) is 36.4 Å². The Morgan fingerprint density at radius 2 is 1.79 bits per heavy atom. The van der Waals surface area contributed by atoms with Crippen LogP contribution in [0.5, 0.6) is 0 Å². The lowest BCUT2D eigenvalue weighted by molar-refractivity contribution is -0.126. The van der Waals surface area contributed by atoms with Gasteiger partial charge in [0.05, 0.1) is 16.5 Å². The molecule has 1 aromatic heterocycles. The Balaban J connectivity index is 1.77. The molecule has 0 aliphatic carbocycles. The van der Waals surface area contributed by atoms with Gasteiger partial charge >= 0.3 is 0 Å². The van der Waals surface area contributed by atoms with Crippen molar-refractivity contribution in [2.75, 3.05) is 7.05 Å². The van der Waals surface area contributed by atoms with E-state index in [1.807, 2.05) is 37.3 Å². The predicted octanol–water partition coefficient (Wildman–Crippen LogP) is 3.12. The van der Waals surface area contributed by atoms with Crippen LogP contribution in [0, 0.1) is 0 Å². The summed E-state index contributed by atoms with van der Waals surface area (Å²) in [7, 11) is -2.04. The van der Waals surface area contributed by atoms with Gasteiger partial charge < -0.3 is 4.90 Å². The van der Waals surface area contributed by atoms with Crippen molar-refractivity contribution in [1.29, 1.82) is 0 Å². The second kappa shape index (κ2) is 7.92. The Labute approximate surface area is 164 Å². The lowest BCUT2D eigenvalue weighted by Crippen LogP contribution is -2.28. The molecule has 2 aromatic carbocycles. The molecule has 1 heterocycles. The second-order valence-electron chi connectivity index (χ2n) is 6.49. The van der Waals surface area contributed by atoms with Crippen LogP contribution in [-0.4, -0.2) is 31.3 Å². The maximum Gasteiger partial charge on any atom is 0.246 e. The number of pyridine rings is 1. The number of carbonyl (C=O) groups excluding carboxylic acids is 1. The molecule has 0 saturated heterocycles. The molecule has 2 N–H and O–H groups in total. The molecule has 1 atom stereocenters. The first-order chi connectivity index (χ1) is 13.3. The van der Waals surface area contributed by atoms with Crippen molar-refractivity contribution >= 4 is 32.9 Å². The van der Waals surface area contributed by atoms with Crippen molar-refractivity contribution in [2.45, 2.75) is 17.9 Å². The largest absolute Gasteiger partial charge is 0.335 e. The van der Waals surface area contributed by atoms with Crippen LogP contribution in [0.15, 0.2) is 71.8 Å². The Bertz CT molecular complexity index is 1130. The highest BCUT2D eigenvalue weighted by Gasteiger charge is 2.16.